The van der Waals surface area contributed by atoms with Crippen LogP contribution >= 0.6 is 0 Å². The predicted molar refractivity (Wildman–Crippen MR) is 92.2 cm³/mol. The van der Waals surface area contributed by atoms with Crippen LogP contribution in [0.4, 0.5) is 0 Å². The van der Waals surface area contributed by atoms with Crippen molar-refractivity contribution in [3.63, 3.8) is 0 Å². The molecule has 5 nitrogen and oxygen atoms in total. The molecule has 0 unspecified atom stereocenters. The van der Waals surface area contributed by atoms with E-state index in [1.165, 1.54) is 17.7 Å². The Labute approximate surface area is 138 Å². The van der Waals surface area contributed by atoms with Crippen molar-refractivity contribution < 1.29 is 14.1 Å². The molecule has 124 valence electrons. The minimum Gasteiger partial charge on any atom is -0.332 e. The van der Waals surface area contributed by atoms with Gasteiger partial charge in [-0.15, -0.1) is 0 Å². The summed E-state index contributed by atoms with van der Waals surface area (Å²) in [5.74, 6) is -0.625. The first-order chi connectivity index (χ1) is 10.9. The van der Waals surface area contributed by atoms with Gasteiger partial charge in [0.2, 0.25) is 11.8 Å². The van der Waals surface area contributed by atoms with Crippen LogP contribution in [0.2, 0.25) is 0 Å². The van der Waals surface area contributed by atoms with Crippen LogP contribution in [0.3, 0.4) is 0 Å². The topological polar surface area (TPSA) is 58.2 Å². The van der Waals surface area contributed by atoms with E-state index in [4.69, 9.17) is 0 Å². The average molecular weight is 316 g/mol. The van der Waals surface area contributed by atoms with Crippen LogP contribution in [0.15, 0.2) is 55.6 Å². The highest BCUT2D eigenvalue weighted by atomic mass is 16.2. The summed E-state index contributed by atoms with van der Waals surface area (Å²) >= 11 is 0. The molecule has 23 heavy (non-hydrogen) atoms. The first-order valence-corrected chi connectivity index (χ1v) is 7.58. The lowest BCUT2D eigenvalue weighted by Gasteiger charge is -2.31. The third-order valence-electron chi connectivity index (χ3n) is 3.48. The van der Waals surface area contributed by atoms with E-state index >= 15 is 0 Å². The van der Waals surface area contributed by atoms with E-state index in [1.807, 2.05) is 18.2 Å². The Morgan fingerprint density at radius 3 is 2.09 bits per heavy atom. The minimum atomic E-state index is -0.445. The van der Waals surface area contributed by atoms with Crippen LogP contribution in [0.5, 0.6) is 0 Å². The second-order valence-electron chi connectivity index (χ2n) is 6.07. The lowest BCUT2D eigenvalue weighted by molar-refractivity contribution is -0.904. The van der Waals surface area contributed by atoms with Crippen LogP contribution in [-0.4, -0.2) is 43.1 Å². The molecular weight excluding hydrogens is 290 g/mol. The van der Waals surface area contributed by atoms with Crippen molar-refractivity contribution in [3.8, 4) is 0 Å². The highest BCUT2D eigenvalue weighted by molar-refractivity contribution is 5.89. The Morgan fingerprint density at radius 2 is 1.61 bits per heavy atom. The predicted octanol–water partition coefficient (Wildman–Crippen LogP) is 1.58. The fraction of sp³-hybridized carbons (Fsp3) is 0.333. The SMILES string of the molecule is C=CC(=O)NC(CC[N+](C)(C)Cc1ccccc1)NC(=O)C=C. The highest BCUT2D eigenvalue weighted by Gasteiger charge is 2.20. The van der Waals surface area contributed by atoms with E-state index in [0.29, 0.717) is 6.42 Å². The summed E-state index contributed by atoms with van der Waals surface area (Å²) in [7, 11) is 4.24. The minimum absolute atomic E-state index is 0.312. The van der Waals surface area contributed by atoms with E-state index in [9.17, 15) is 9.59 Å². The molecule has 1 aromatic rings. The summed E-state index contributed by atoms with van der Waals surface area (Å²) in [4.78, 5) is 23.0. The second-order valence-corrected chi connectivity index (χ2v) is 6.07. The van der Waals surface area contributed by atoms with Crippen LogP contribution in [-0.2, 0) is 16.1 Å². The van der Waals surface area contributed by atoms with Gasteiger partial charge < -0.3 is 15.1 Å². The van der Waals surface area contributed by atoms with E-state index in [2.05, 4.69) is 50.0 Å². The molecule has 1 rings (SSSR count). The monoisotopic (exact) mass is 316 g/mol. The quantitative estimate of drug-likeness (QED) is 0.413. The van der Waals surface area contributed by atoms with Crippen molar-refractivity contribution in [1.29, 1.82) is 0 Å². The maximum Gasteiger partial charge on any atom is 0.244 e. The van der Waals surface area contributed by atoms with E-state index in [1.54, 1.807) is 0 Å². The Hall–Kier alpha value is -2.40. The number of nitrogens with zero attached hydrogens (tertiary/aromatic N) is 1. The summed E-state index contributed by atoms with van der Waals surface area (Å²) < 4.78 is 0.744. The normalized spacial score (nSPS) is 10.9. The number of carbonyl (C=O) groups excluding carboxylic acids is 2. The van der Waals surface area contributed by atoms with Gasteiger partial charge in [-0.2, -0.15) is 0 Å². The number of benzene rings is 1. The van der Waals surface area contributed by atoms with E-state index < -0.39 is 6.17 Å². The molecule has 0 aliphatic heterocycles. The van der Waals surface area contributed by atoms with E-state index in [0.717, 1.165) is 17.6 Å². The van der Waals surface area contributed by atoms with Crippen LogP contribution in [0, 0.1) is 0 Å². The first kappa shape index (κ1) is 18.6. The molecular formula is C18H26N3O2+. The molecule has 0 fully saturated rings. The zero-order valence-corrected chi connectivity index (χ0v) is 13.9. The van der Waals surface area contributed by atoms with Gasteiger partial charge in [0.1, 0.15) is 12.7 Å². The number of amides is 2. The molecule has 0 saturated heterocycles. The van der Waals surface area contributed by atoms with Gasteiger partial charge in [0.05, 0.1) is 20.6 Å². The molecule has 0 atom stereocenters. The third-order valence-corrected chi connectivity index (χ3v) is 3.48. The zero-order chi connectivity index (χ0) is 17.3. The van der Waals surface area contributed by atoms with Crippen LogP contribution < -0.4 is 10.6 Å². The summed E-state index contributed by atoms with van der Waals surface area (Å²) in [5, 5.41) is 5.44. The Balaban J connectivity index is 2.63. The van der Waals surface area contributed by atoms with Gasteiger partial charge in [-0.1, -0.05) is 43.5 Å². The summed E-state index contributed by atoms with van der Waals surface area (Å²) in [5.41, 5.74) is 1.25. The molecule has 0 heterocycles. The molecule has 2 N–H and O–H groups in total. The lowest BCUT2D eigenvalue weighted by Crippen LogP contribution is -2.50. The molecule has 1 aromatic carbocycles. The van der Waals surface area contributed by atoms with Gasteiger partial charge in [0, 0.05) is 12.0 Å². The van der Waals surface area contributed by atoms with Crippen LogP contribution in [0.1, 0.15) is 12.0 Å². The molecule has 5 heteroatoms. The van der Waals surface area contributed by atoms with Gasteiger partial charge in [-0.3, -0.25) is 9.59 Å². The Kier molecular flexibility index (Phi) is 7.22. The van der Waals surface area contributed by atoms with Crippen molar-refractivity contribution in [2.24, 2.45) is 0 Å². The van der Waals surface area contributed by atoms with Crippen molar-refractivity contribution in [3.05, 3.63) is 61.2 Å². The van der Waals surface area contributed by atoms with Crippen LogP contribution in [0.25, 0.3) is 0 Å². The van der Waals surface area contributed by atoms with Gasteiger partial charge in [0.15, 0.2) is 0 Å². The fourth-order valence-corrected chi connectivity index (χ4v) is 2.28. The molecule has 0 aliphatic rings. The summed E-state index contributed by atoms with van der Waals surface area (Å²) in [6.07, 6.45) is 2.55. The number of hydrogen-bond acceptors (Lipinski definition) is 2. The van der Waals surface area contributed by atoms with Gasteiger partial charge >= 0.3 is 0 Å². The van der Waals surface area contributed by atoms with Crippen molar-refractivity contribution in [2.75, 3.05) is 20.6 Å². The Bertz CT molecular complexity index is 531. The average Bonchev–Trinajstić information content (AvgIpc) is 2.53. The van der Waals surface area contributed by atoms with Crippen molar-refractivity contribution in [2.45, 2.75) is 19.1 Å². The maximum atomic E-state index is 11.5. The first-order valence-electron chi connectivity index (χ1n) is 7.58. The molecule has 0 aliphatic carbocycles. The molecule has 0 radical (unpaired) electrons. The zero-order valence-electron chi connectivity index (χ0n) is 13.9. The van der Waals surface area contributed by atoms with Gasteiger partial charge in [-0.25, -0.2) is 0 Å². The lowest BCUT2D eigenvalue weighted by atomic mass is 10.2. The third kappa shape index (κ3) is 7.42. The molecule has 2 amide bonds. The standard InChI is InChI=1S/C18H25N3O2/c1-5-17(22)19-16(20-18(23)6-2)12-13-21(3,4)14-15-10-8-7-9-11-15/h5-11,16H,1-2,12-14H2,3-4H3,(H-,19,20,22,23)/p+1. The number of quaternary nitrogens is 1. The molecule has 0 bridgehead atoms. The Morgan fingerprint density at radius 1 is 1.09 bits per heavy atom. The van der Waals surface area contributed by atoms with E-state index in [-0.39, 0.29) is 11.8 Å². The number of rotatable bonds is 9. The largest absolute Gasteiger partial charge is 0.332 e. The van der Waals surface area contributed by atoms with Gasteiger partial charge in [0.25, 0.3) is 0 Å². The smallest absolute Gasteiger partial charge is 0.244 e. The number of hydrogen-bond donors (Lipinski definition) is 2. The maximum absolute atomic E-state index is 11.5. The van der Waals surface area contributed by atoms with Crippen molar-refractivity contribution in [1.82, 2.24) is 10.6 Å². The summed E-state index contributed by atoms with van der Waals surface area (Å²) in [6, 6.07) is 10.2. The number of carbonyl (C=O) groups is 2. The highest BCUT2D eigenvalue weighted by Crippen LogP contribution is 2.10. The second kappa shape index (κ2) is 8.90. The van der Waals surface area contributed by atoms with Crippen molar-refractivity contribution >= 4 is 11.8 Å². The summed E-state index contributed by atoms with van der Waals surface area (Å²) in [6.45, 7) is 8.52. The van der Waals surface area contributed by atoms with Gasteiger partial charge in [-0.05, 0) is 12.2 Å². The molecule has 0 spiro atoms. The molecule has 0 saturated carbocycles. The fourth-order valence-electron chi connectivity index (χ4n) is 2.28. The number of nitrogens with one attached hydrogen (secondary N) is 2. The molecule has 0 aromatic heterocycles.